The number of hydrazine groups is 1. The Balaban J connectivity index is 1.92. The van der Waals surface area contributed by atoms with Crippen LogP contribution in [0.2, 0.25) is 0 Å². The molecule has 2 aromatic carbocycles. The molecule has 0 aliphatic carbocycles. The molecule has 0 bridgehead atoms. The normalized spacial score (nSPS) is 22.8. The van der Waals surface area contributed by atoms with Crippen molar-refractivity contribution in [3.63, 3.8) is 0 Å². The van der Waals surface area contributed by atoms with Gasteiger partial charge in [0.25, 0.3) is 5.91 Å². The number of rotatable bonds is 2. The van der Waals surface area contributed by atoms with Crippen molar-refractivity contribution in [2.75, 3.05) is 5.01 Å². The minimum Gasteiger partial charge on any atom is -0.272 e. The van der Waals surface area contributed by atoms with Crippen LogP contribution in [-0.2, 0) is 4.79 Å². The number of nitrogens with one attached hydrogen (secondary N) is 1. The third-order valence-electron chi connectivity index (χ3n) is 3.49. The Morgan fingerprint density at radius 3 is 2.16 bits per heavy atom. The zero-order chi connectivity index (χ0) is 13.2. The number of amides is 1. The van der Waals surface area contributed by atoms with Crippen molar-refractivity contribution >= 4 is 11.6 Å². The highest BCUT2D eigenvalue weighted by Gasteiger charge is 2.39. The second-order valence-corrected chi connectivity index (χ2v) is 4.82. The number of para-hydroxylation sites is 1. The van der Waals surface area contributed by atoms with E-state index in [0.717, 1.165) is 11.3 Å². The Labute approximate surface area is 112 Å². The molecule has 1 heterocycles. The first-order chi connectivity index (χ1) is 9.27. The van der Waals surface area contributed by atoms with E-state index in [1.165, 1.54) is 0 Å². The first-order valence-corrected chi connectivity index (χ1v) is 6.47. The van der Waals surface area contributed by atoms with Crippen LogP contribution in [0.25, 0.3) is 0 Å². The zero-order valence-electron chi connectivity index (χ0n) is 10.8. The largest absolute Gasteiger partial charge is 0.272 e. The van der Waals surface area contributed by atoms with E-state index in [-0.39, 0.29) is 17.9 Å². The van der Waals surface area contributed by atoms with Gasteiger partial charge in [0.1, 0.15) is 0 Å². The number of anilines is 1. The number of hydrogen-bond acceptors (Lipinski definition) is 2. The molecule has 1 N–H and O–H groups in total. The number of carbonyl (C=O) groups excluding carboxylic acids is 1. The van der Waals surface area contributed by atoms with Gasteiger partial charge in [-0.15, -0.1) is 0 Å². The van der Waals surface area contributed by atoms with Crippen molar-refractivity contribution in [1.82, 2.24) is 5.43 Å². The predicted octanol–water partition coefficient (Wildman–Crippen LogP) is 2.71. The van der Waals surface area contributed by atoms with E-state index in [4.69, 9.17) is 0 Å². The average molecular weight is 252 g/mol. The molecule has 96 valence electrons. The molecule has 2 aromatic rings. The first-order valence-electron chi connectivity index (χ1n) is 6.47. The Kier molecular flexibility index (Phi) is 3.05. The molecule has 1 aliphatic heterocycles. The molecule has 1 saturated heterocycles. The van der Waals surface area contributed by atoms with Gasteiger partial charge < -0.3 is 0 Å². The van der Waals surface area contributed by atoms with E-state index in [0.29, 0.717) is 0 Å². The van der Waals surface area contributed by atoms with Crippen molar-refractivity contribution < 1.29 is 4.79 Å². The second kappa shape index (κ2) is 4.86. The van der Waals surface area contributed by atoms with E-state index in [1.54, 1.807) is 5.01 Å². The van der Waals surface area contributed by atoms with Crippen molar-refractivity contribution in [1.29, 1.82) is 0 Å². The van der Waals surface area contributed by atoms with Crippen LogP contribution >= 0.6 is 0 Å². The molecule has 19 heavy (non-hydrogen) atoms. The lowest BCUT2D eigenvalue weighted by atomic mass is 9.93. The molecule has 0 aromatic heterocycles. The summed E-state index contributed by atoms with van der Waals surface area (Å²) in [5.74, 6) is -0.0219. The second-order valence-electron chi connectivity index (χ2n) is 4.82. The third kappa shape index (κ3) is 2.13. The summed E-state index contributed by atoms with van der Waals surface area (Å²) in [7, 11) is 0. The minimum absolute atomic E-state index is 0.0927. The summed E-state index contributed by atoms with van der Waals surface area (Å²) in [6.07, 6.45) is 0. The maximum atomic E-state index is 12.6. The Morgan fingerprint density at radius 1 is 0.947 bits per heavy atom. The monoisotopic (exact) mass is 252 g/mol. The lowest BCUT2D eigenvalue weighted by Crippen LogP contribution is -2.36. The Hall–Kier alpha value is -2.13. The lowest BCUT2D eigenvalue weighted by molar-refractivity contribution is -0.118. The lowest BCUT2D eigenvalue weighted by Gasteiger charge is -2.16. The molecule has 3 nitrogen and oxygen atoms in total. The molecule has 0 saturated carbocycles. The fraction of sp³-hybridized carbons (Fsp3) is 0.188. The summed E-state index contributed by atoms with van der Waals surface area (Å²) < 4.78 is 0. The molecular weight excluding hydrogens is 236 g/mol. The van der Waals surface area contributed by atoms with Crippen LogP contribution < -0.4 is 10.4 Å². The van der Waals surface area contributed by atoms with Gasteiger partial charge in [-0.1, -0.05) is 48.5 Å². The van der Waals surface area contributed by atoms with Crippen LogP contribution in [0.15, 0.2) is 60.7 Å². The number of nitrogens with zero attached hydrogens (tertiary/aromatic N) is 1. The molecule has 2 unspecified atom stereocenters. The summed E-state index contributed by atoms with van der Waals surface area (Å²) in [5.41, 5.74) is 5.20. The Bertz CT molecular complexity index is 568. The van der Waals surface area contributed by atoms with Crippen molar-refractivity contribution in [3.05, 3.63) is 66.2 Å². The summed E-state index contributed by atoms with van der Waals surface area (Å²) in [5, 5.41) is 1.66. The van der Waals surface area contributed by atoms with Gasteiger partial charge in [0.05, 0.1) is 11.6 Å². The first kappa shape index (κ1) is 11.9. The fourth-order valence-corrected chi connectivity index (χ4v) is 2.57. The minimum atomic E-state index is -0.124. The highest BCUT2D eigenvalue weighted by molar-refractivity contribution is 6.00. The topological polar surface area (TPSA) is 32.3 Å². The smallest absolute Gasteiger partial charge is 0.250 e. The summed E-state index contributed by atoms with van der Waals surface area (Å²) >= 11 is 0. The summed E-state index contributed by atoms with van der Waals surface area (Å²) in [4.78, 5) is 12.6. The van der Waals surface area contributed by atoms with E-state index in [1.807, 2.05) is 67.6 Å². The predicted molar refractivity (Wildman–Crippen MR) is 75.7 cm³/mol. The maximum Gasteiger partial charge on any atom is 0.250 e. The van der Waals surface area contributed by atoms with Crippen LogP contribution in [0.1, 0.15) is 18.4 Å². The van der Waals surface area contributed by atoms with Crippen molar-refractivity contribution in [3.8, 4) is 0 Å². The van der Waals surface area contributed by atoms with Crippen LogP contribution in [-0.4, -0.2) is 11.9 Å². The number of hydrogen-bond donors (Lipinski definition) is 1. The molecule has 1 fully saturated rings. The van der Waals surface area contributed by atoms with Gasteiger partial charge in [-0.3, -0.25) is 4.79 Å². The maximum absolute atomic E-state index is 12.6. The van der Waals surface area contributed by atoms with Crippen LogP contribution in [0, 0.1) is 0 Å². The number of benzene rings is 2. The van der Waals surface area contributed by atoms with Crippen LogP contribution in [0.3, 0.4) is 0 Å². The van der Waals surface area contributed by atoms with Gasteiger partial charge in [0.15, 0.2) is 0 Å². The molecule has 0 radical (unpaired) electrons. The molecular formula is C16H16N2O. The summed E-state index contributed by atoms with van der Waals surface area (Å²) in [6, 6.07) is 19.7. The Morgan fingerprint density at radius 2 is 1.53 bits per heavy atom. The molecule has 1 aliphatic rings. The SMILES string of the molecule is CC1NN(c2ccccc2)C(=O)C1c1ccccc1. The zero-order valence-corrected chi connectivity index (χ0v) is 10.8. The fourth-order valence-electron chi connectivity index (χ4n) is 2.57. The number of carbonyl (C=O) groups is 1. The average Bonchev–Trinajstić information content (AvgIpc) is 2.76. The van der Waals surface area contributed by atoms with Gasteiger partial charge in [-0.2, -0.15) is 0 Å². The molecule has 1 amide bonds. The van der Waals surface area contributed by atoms with Crippen LogP contribution in [0.5, 0.6) is 0 Å². The van der Waals surface area contributed by atoms with Gasteiger partial charge >= 0.3 is 0 Å². The van der Waals surface area contributed by atoms with E-state index in [9.17, 15) is 4.79 Å². The van der Waals surface area contributed by atoms with Gasteiger partial charge in [-0.25, -0.2) is 10.4 Å². The van der Waals surface area contributed by atoms with Crippen molar-refractivity contribution in [2.24, 2.45) is 0 Å². The molecule has 2 atom stereocenters. The van der Waals surface area contributed by atoms with E-state index in [2.05, 4.69) is 5.43 Å². The highest BCUT2D eigenvalue weighted by atomic mass is 16.2. The van der Waals surface area contributed by atoms with E-state index >= 15 is 0 Å². The molecule has 0 spiro atoms. The van der Waals surface area contributed by atoms with Crippen LogP contribution in [0.4, 0.5) is 5.69 Å². The molecule has 3 rings (SSSR count). The quantitative estimate of drug-likeness (QED) is 0.891. The van der Waals surface area contributed by atoms with Crippen molar-refractivity contribution in [2.45, 2.75) is 18.9 Å². The van der Waals surface area contributed by atoms with E-state index < -0.39 is 0 Å². The van der Waals surface area contributed by atoms with Gasteiger partial charge in [0, 0.05) is 6.04 Å². The standard InChI is InChI=1S/C16H16N2O/c1-12-15(13-8-4-2-5-9-13)16(19)18(17-12)14-10-6-3-7-11-14/h2-12,15,17H,1H3. The van der Waals surface area contributed by atoms with Gasteiger partial charge in [-0.05, 0) is 24.6 Å². The molecule has 3 heteroatoms. The third-order valence-corrected chi connectivity index (χ3v) is 3.49. The highest BCUT2D eigenvalue weighted by Crippen LogP contribution is 2.30. The summed E-state index contributed by atoms with van der Waals surface area (Å²) in [6.45, 7) is 2.04. The van der Waals surface area contributed by atoms with Gasteiger partial charge in [0.2, 0.25) is 0 Å².